The van der Waals surface area contributed by atoms with Gasteiger partial charge in [0.2, 0.25) is 5.91 Å². The molecule has 3 rings (SSSR count). The van der Waals surface area contributed by atoms with Gasteiger partial charge in [-0.2, -0.15) is 0 Å². The molecule has 25 heavy (non-hydrogen) atoms. The number of anilines is 1. The Bertz CT molecular complexity index is 804. The second-order valence-corrected chi connectivity index (χ2v) is 7.58. The van der Waals surface area contributed by atoms with E-state index in [1.54, 1.807) is 0 Å². The predicted octanol–water partition coefficient (Wildman–Crippen LogP) is 3.81. The molecule has 0 bridgehead atoms. The van der Waals surface area contributed by atoms with Crippen LogP contribution in [0.3, 0.4) is 0 Å². The number of ether oxygens (including phenoxy) is 1. The Kier molecular flexibility index (Phi) is 4.45. The Morgan fingerprint density at radius 1 is 1.28 bits per heavy atom. The van der Waals surface area contributed by atoms with E-state index in [0.717, 1.165) is 28.7 Å². The lowest BCUT2D eigenvalue weighted by Crippen LogP contribution is -2.45. The summed E-state index contributed by atoms with van der Waals surface area (Å²) in [6, 6.07) is 7.29. The molecule has 0 unspecified atom stereocenters. The predicted molar refractivity (Wildman–Crippen MR) is 97.6 cm³/mol. The Morgan fingerprint density at radius 2 is 2.04 bits per heavy atom. The first-order valence-corrected chi connectivity index (χ1v) is 8.63. The molecular formula is C19H25N3O3. The molecule has 6 nitrogen and oxygen atoms in total. The van der Waals surface area contributed by atoms with Gasteiger partial charge in [0.1, 0.15) is 11.6 Å². The Hall–Kier alpha value is -2.50. The number of hydrogen-bond donors (Lipinski definition) is 2. The van der Waals surface area contributed by atoms with E-state index in [1.165, 1.54) is 4.90 Å². The van der Waals surface area contributed by atoms with Crippen molar-refractivity contribution in [2.45, 2.75) is 52.2 Å². The van der Waals surface area contributed by atoms with Gasteiger partial charge in [-0.25, -0.2) is 4.79 Å². The molecule has 1 aromatic heterocycles. The third-order valence-corrected chi connectivity index (χ3v) is 4.21. The highest BCUT2D eigenvalue weighted by atomic mass is 16.6. The summed E-state index contributed by atoms with van der Waals surface area (Å²) in [5.41, 5.74) is 2.27. The number of nitrogens with one attached hydrogen (secondary N) is 2. The van der Waals surface area contributed by atoms with Crippen molar-refractivity contribution in [3.05, 3.63) is 30.0 Å². The van der Waals surface area contributed by atoms with Crippen LogP contribution in [0.4, 0.5) is 10.5 Å². The Balaban J connectivity index is 1.71. The average Bonchev–Trinajstić information content (AvgIpc) is 3.10. The molecule has 1 aromatic carbocycles. The van der Waals surface area contributed by atoms with Crippen LogP contribution in [0.5, 0.6) is 0 Å². The third-order valence-electron chi connectivity index (χ3n) is 4.21. The number of carbonyl (C=O) groups excluding carboxylic acids is 2. The molecule has 0 radical (unpaired) electrons. The molecule has 6 heteroatoms. The maximum absolute atomic E-state index is 12.7. The van der Waals surface area contributed by atoms with Crippen molar-refractivity contribution in [2.75, 3.05) is 11.9 Å². The number of aromatic amines is 1. The molecule has 1 saturated heterocycles. The van der Waals surface area contributed by atoms with Gasteiger partial charge in [0.05, 0.1) is 0 Å². The molecule has 2 heterocycles. The van der Waals surface area contributed by atoms with Gasteiger partial charge in [-0.3, -0.25) is 9.69 Å². The minimum absolute atomic E-state index is 0.171. The fourth-order valence-corrected chi connectivity index (χ4v) is 3.16. The van der Waals surface area contributed by atoms with Gasteiger partial charge in [-0.15, -0.1) is 0 Å². The van der Waals surface area contributed by atoms with Crippen LogP contribution >= 0.6 is 0 Å². The molecule has 0 spiro atoms. The van der Waals surface area contributed by atoms with Gasteiger partial charge in [-0.1, -0.05) is 0 Å². The first kappa shape index (κ1) is 17.3. The van der Waals surface area contributed by atoms with Gasteiger partial charge in [-0.05, 0) is 64.8 Å². The number of aromatic nitrogens is 1. The van der Waals surface area contributed by atoms with Crippen LogP contribution in [0.1, 0.15) is 39.3 Å². The van der Waals surface area contributed by atoms with Crippen LogP contribution in [-0.2, 0) is 9.53 Å². The molecular weight excluding hydrogens is 318 g/mol. The largest absolute Gasteiger partial charge is 0.444 e. The van der Waals surface area contributed by atoms with Crippen molar-refractivity contribution in [3.8, 4) is 0 Å². The summed E-state index contributed by atoms with van der Waals surface area (Å²) in [5.74, 6) is -0.171. The zero-order valence-corrected chi connectivity index (χ0v) is 15.2. The van der Waals surface area contributed by atoms with E-state index >= 15 is 0 Å². The van der Waals surface area contributed by atoms with Gasteiger partial charge in [0.25, 0.3) is 0 Å². The van der Waals surface area contributed by atoms with E-state index in [4.69, 9.17) is 4.74 Å². The second-order valence-electron chi connectivity index (χ2n) is 7.58. The summed E-state index contributed by atoms with van der Waals surface area (Å²) in [4.78, 5) is 29.8. The Morgan fingerprint density at radius 3 is 2.76 bits per heavy atom. The van der Waals surface area contributed by atoms with Crippen molar-refractivity contribution >= 4 is 28.6 Å². The number of nitrogens with zero attached hydrogens (tertiary/aromatic N) is 1. The van der Waals surface area contributed by atoms with E-state index in [9.17, 15) is 9.59 Å². The number of aryl methyl sites for hydroxylation is 1. The molecule has 1 aliphatic heterocycles. The summed E-state index contributed by atoms with van der Waals surface area (Å²) in [7, 11) is 0. The van der Waals surface area contributed by atoms with Gasteiger partial charge in [0.15, 0.2) is 0 Å². The van der Waals surface area contributed by atoms with Crippen LogP contribution in [0.25, 0.3) is 10.9 Å². The number of carbonyl (C=O) groups is 2. The number of H-pyrrole nitrogens is 1. The lowest BCUT2D eigenvalue weighted by atomic mass is 10.2. The minimum Gasteiger partial charge on any atom is -0.444 e. The standard InChI is InChI=1S/C19H25N3O3/c1-12-10-13-11-14(7-8-15(13)20-12)21-17(23)16-6-5-9-22(16)18(24)25-19(2,3)4/h7-8,10-11,16,20H,5-6,9H2,1-4H3,(H,21,23)/t16-/m0/s1. The van der Waals surface area contributed by atoms with Gasteiger partial charge in [0, 0.05) is 28.8 Å². The Labute approximate surface area is 147 Å². The topological polar surface area (TPSA) is 74.4 Å². The molecule has 0 aliphatic carbocycles. The average molecular weight is 343 g/mol. The van der Waals surface area contributed by atoms with Gasteiger partial charge < -0.3 is 15.0 Å². The molecule has 2 aromatic rings. The monoisotopic (exact) mass is 343 g/mol. The molecule has 134 valence electrons. The normalized spacial score (nSPS) is 17.8. The zero-order valence-electron chi connectivity index (χ0n) is 15.2. The van der Waals surface area contributed by atoms with Crippen molar-refractivity contribution in [2.24, 2.45) is 0 Å². The van der Waals surface area contributed by atoms with E-state index in [-0.39, 0.29) is 5.91 Å². The summed E-state index contributed by atoms with van der Waals surface area (Å²) >= 11 is 0. The number of hydrogen-bond acceptors (Lipinski definition) is 3. The van der Waals surface area contributed by atoms with E-state index in [1.807, 2.05) is 52.0 Å². The van der Waals surface area contributed by atoms with Crippen LogP contribution < -0.4 is 5.32 Å². The maximum atomic E-state index is 12.7. The highest BCUT2D eigenvalue weighted by Gasteiger charge is 2.36. The number of benzene rings is 1. The first-order valence-electron chi connectivity index (χ1n) is 8.63. The van der Waals surface area contributed by atoms with Crippen LogP contribution in [0.2, 0.25) is 0 Å². The smallest absolute Gasteiger partial charge is 0.410 e. The summed E-state index contributed by atoms with van der Waals surface area (Å²) < 4.78 is 5.42. The van der Waals surface area contributed by atoms with Crippen molar-refractivity contribution in [1.29, 1.82) is 0 Å². The summed E-state index contributed by atoms with van der Waals surface area (Å²) in [6.45, 7) is 8.01. The number of amides is 2. The summed E-state index contributed by atoms with van der Waals surface area (Å²) in [5, 5.41) is 3.98. The summed E-state index contributed by atoms with van der Waals surface area (Å²) in [6.07, 6.45) is 1.02. The minimum atomic E-state index is -0.572. The first-order chi connectivity index (χ1) is 11.7. The SMILES string of the molecule is Cc1cc2cc(NC(=O)[C@@H]3CCCN3C(=O)OC(C)(C)C)ccc2[nH]1. The lowest BCUT2D eigenvalue weighted by Gasteiger charge is -2.28. The van der Waals surface area contributed by atoms with Crippen LogP contribution in [0.15, 0.2) is 24.3 Å². The number of fused-ring (bicyclic) bond motifs is 1. The molecule has 2 amide bonds. The fraction of sp³-hybridized carbons (Fsp3) is 0.474. The van der Waals surface area contributed by atoms with Crippen LogP contribution in [0, 0.1) is 6.92 Å². The number of likely N-dealkylation sites (tertiary alicyclic amines) is 1. The van der Waals surface area contributed by atoms with Crippen molar-refractivity contribution in [3.63, 3.8) is 0 Å². The van der Waals surface area contributed by atoms with E-state index in [0.29, 0.717) is 13.0 Å². The number of rotatable bonds is 2. The van der Waals surface area contributed by atoms with Crippen molar-refractivity contribution < 1.29 is 14.3 Å². The highest BCUT2D eigenvalue weighted by molar-refractivity contribution is 5.98. The second kappa shape index (κ2) is 6.43. The fourth-order valence-electron chi connectivity index (χ4n) is 3.16. The van der Waals surface area contributed by atoms with Crippen LogP contribution in [-0.4, -0.2) is 40.1 Å². The third kappa shape index (κ3) is 3.95. The molecule has 1 atom stereocenters. The highest BCUT2D eigenvalue weighted by Crippen LogP contribution is 2.24. The lowest BCUT2D eigenvalue weighted by molar-refractivity contribution is -0.120. The molecule has 1 aliphatic rings. The van der Waals surface area contributed by atoms with E-state index in [2.05, 4.69) is 10.3 Å². The van der Waals surface area contributed by atoms with Gasteiger partial charge >= 0.3 is 6.09 Å². The zero-order chi connectivity index (χ0) is 18.2. The molecule has 2 N–H and O–H groups in total. The van der Waals surface area contributed by atoms with E-state index < -0.39 is 17.7 Å². The van der Waals surface area contributed by atoms with Crippen molar-refractivity contribution in [1.82, 2.24) is 9.88 Å². The molecule has 0 saturated carbocycles. The quantitative estimate of drug-likeness (QED) is 0.870. The molecule has 1 fully saturated rings. The maximum Gasteiger partial charge on any atom is 0.410 e.